The van der Waals surface area contributed by atoms with Crippen LogP contribution in [0.5, 0.6) is 0 Å². The van der Waals surface area contributed by atoms with Crippen molar-refractivity contribution in [1.29, 1.82) is 0 Å². The number of benzene rings is 1. The average molecular weight is 334 g/mol. The van der Waals surface area contributed by atoms with E-state index in [-0.39, 0.29) is 0 Å². The van der Waals surface area contributed by atoms with Gasteiger partial charge < -0.3 is 0 Å². The molecule has 0 fully saturated rings. The number of hydrogen-bond acceptors (Lipinski definition) is 3. The van der Waals surface area contributed by atoms with Crippen LogP contribution in [0.25, 0.3) is 5.69 Å². The zero-order valence-electron chi connectivity index (χ0n) is 9.57. The van der Waals surface area contributed by atoms with Gasteiger partial charge in [-0.25, -0.2) is 4.68 Å². The van der Waals surface area contributed by atoms with Crippen LogP contribution in [-0.4, -0.2) is 27.0 Å². The van der Waals surface area contributed by atoms with Gasteiger partial charge in [0.15, 0.2) is 5.69 Å². The Hall–Kier alpha value is -1.70. The lowest BCUT2D eigenvalue weighted by molar-refractivity contribution is -0.0888. The van der Waals surface area contributed by atoms with Crippen molar-refractivity contribution in [2.45, 2.75) is 13.1 Å². The highest BCUT2D eigenvalue weighted by molar-refractivity contribution is 9.10. The Kier molecular flexibility index (Phi) is 3.44. The van der Waals surface area contributed by atoms with Crippen molar-refractivity contribution in [2.75, 3.05) is 0 Å². The number of hydrogen-bond donors (Lipinski definition) is 0. The van der Waals surface area contributed by atoms with Gasteiger partial charge in [-0.3, -0.25) is 4.79 Å². The maximum Gasteiger partial charge on any atom is 0.456 e. The quantitative estimate of drug-likeness (QED) is 0.793. The number of nitrogens with zero attached hydrogens (tertiary/aromatic N) is 3. The second-order valence-electron chi connectivity index (χ2n) is 3.81. The van der Waals surface area contributed by atoms with Gasteiger partial charge in [-0.1, -0.05) is 27.2 Å². The highest BCUT2D eigenvalue weighted by Gasteiger charge is 2.41. The van der Waals surface area contributed by atoms with Gasteiger partial charge in [0.2, 0.25) is 0 Å². The molecule has 0 atom stereocenters. The van der Waals surface area contributed by atoms with Crippen LogP contribution in [0.15, 0.2) is 28.9 Å². The first-order chi connectivity index (χ1) is 8.79. The van der Waals surface area contributed by atoms with Crippen LogP contribution in [0.2, 0.25) is 0 Å². The summed E-state index contributed by atoms with van der Waals surface area (Å²) in [5.41, 5.74) is 0.606. The minimum absolute atomic E-state index is 0.545. The van der Waals surface area contributed by atoms with E-state index in [1.807, 2.05) is 0 Å². The number of carbonyl (C=O) groups is 1. The minimum Gasteiger partial charge on any atom is -0.282 e. The average Bonchev–Trinajstić information content (AvgIpc) is 2.79. The molecule has 4 nitrogen and oxygen atoms in total. The van der Waals surface area contributed by atoms with Crippen LogP contribution in [-0.2, 0) is 0 Å². The molecule has 0 saturated heterocycles. The Balaban J connectivity index is 2.42. The molecule has 0 unspecified atom stereocenters. The van der Waals surface area contributed by atoms with Crippen LogP contribution in [0.4, 0.5) is 13.2 Å². The second-order valence-corrected chi connectivity index (χ2v) is 4.72. The molecule has 0 spiro atoms. The lowest BCUT2D eigenvalue weighted by atomic mass is 10.2. The third kappa shape index (κ3) is 2.83. The molecule has 0 radical (unpaired) electrons. The van der Waals surface area contributed by atoms with Crippen molar-refractivity contribution < 1.29 is 18.0 Å². The third-order valence-corrected chi connectivity index (χ3v) is 2.89. The molecule has 0 aliphatic heterocycles. The van der Waals surface area contributed by atoms with Crippen LogP contribution in [0.1, 0.15) is 16.1 Å². The zero-order valence-corrected chi connectivity index (χ0v) is 11.2. The van der Waals surface area contributed by atoms with E-state index in [0.717, 1.165) is 20.9 Å². The highest BCUT2D eigenvalue weighted by Crippen LogP contribution is 2.22. The molecule has 0 aliphatic carbocycles. The molecular weight excluding hydrogens is 327 g/mol. The molecule has 0 N–H and O–H groups in total. The first-order valence-corrected chi connectivity index (χ1v) is 5.89. The molecule has 2 rings (SSSR count). The molecule has 0 bridgehead atoms. The SMILES string of the molecule is Cc1ccc(Br)cc1-n1cc(C(=O)C(F)(F)F)nn1. The summed E-state index contributed by atoms with van der Waals surface area (Å²) in [6.45, 7) is 1.77. The van der Waals surface area contributed by atoms with Gasteiger partial charge in [0, 0.05) is 4.47 Å². The van der Waals surface area contributed by atoms with Crippen LogP contribution in [0, 0.1) is 6.92 Å². The molecule has 1 aromatic heterocycles. The summed E-state index contributed by atoms with van der Waals surface area (Å²) in [7, 11) is 0. The summed E-state index contributed by atoms with van der Waals surface area (Å²) in [5, 5.41) is 6.81. The fourth-order valence-corrected chi connectivity index (χ4v) is 1.81. The van der Waals surface area contributed by atoms with Crippen molar-refractivity contribution in [2.24, 2.45) is 0 Å². The molecule has 0 saturated carbocycles. The standard InChI is InChI=1S/C11H7BrF3N3O/c1-6-2-3-7(12)4-9(6)18-5-8(16-17-18)10(19)11(13,14)15/h2-5H,1H3. The monoisotopic (exact) mass is 333 g/mol. The third-order valence-electron chi connectivity index (χ3n) is 2.40. The first kappa shape index (κ1) is 13.7. The smallest absolute Gasteiger partial charge is 0.282 e. The van der Waals surface area contributed by atoms with Gasteiger partial charge in [-0.05, 0) is 24.6 Å². The Labute approximate surface area is 114 Å². The summed E-state index contributed by atoms with van der Waals surface area (Å²) >= 11 is 3.25. The summed E-state index contributed by atoms with van der Waals surface area (Å²) < 4.78 is 38.6. The fraction of sp³-hybridized carbons (Fsp3) is 0.182. The van der Waals surface area contributed by atoms with E-state index in [2.05, 4.69) is 26.2 Å². The molecule has 0 aliphatic rings. The molecular formula is C11H7BrF3N3O. The van der Waals surface area contributed by atoms with Crippen molar-refractivity contribution in [3.8, 4) is 5.69 Å². The van der Waals surface area contributed by atoms with Crippen molar-refractivity contribution in [3.05, 3.63) is 40.1 Å². The zero-order chi connectivity index (χ0) is 14.2. The Morgan fingerprint density at radius 3 is 2.68 bits per heavy atom. The molecule has 1 aromatic carbocycles. The molecule has 2 aromatic rings. The van der Waals surface area contributed by atoms with Crippen molar-refractivity contribution in [3.63, 3.8) is 0 Å². The summed E-state index contributed by atoms with van der Waals surface area (Å²) in [4.78, 5) is 11.0. The predicted molar refractivity (Wildman–Crippen MR) is 64.2 cm³/mol. The van der Waals surface area contributed by atoms with Crippen molar-refractivity contribution >= 4 is 21.7 Å². The van der Waals surface area contributed by atoms with Gasteiger partial charge in [-0.2, -0.15) is 13.2 Å². The predicted octanol–water partition coefficient (Wildman–Crippen LogP) is 3.08. The molecule has 19 heavy (non-hydrogen) atoms. The Bertz CT molecular complexity index is 636. The second kappa shape index (κ2) is 4.76. The number of rotatable bonds is 2. The van der Waals surface area contributed by atoms with E-state index in [9.17, 15) is 18.0 Å². The molecule has 100 valence electrons. The Morgan fingerprint density at radius 1 is 1.37 bits per heavy atom. The number of aryl methyl sites for hydroxylation is 1. The fourth-order valence-electron chi connectivity index (χ4n) is 1.46. The number of halogens is 4. The normalized spacial score (nSPS) is 11.6. The van der Waals surface area contributed by atoms with E-state index in [1.165, 1.54) is 0 Å². The van der Waals surface area contributed by atoms with Gasteiger partial charge in [0.05, 0.1) is 11.9 Å². The van der Waals surface area contributed by atoms with E-state index in [1.54, 1.807) is 25.1 Å². The molecule has 1 heterocycles. The molecule has 8 heteroatoms. The Morgan fingerprint density at radius 2 is 2.05 bits per heavy atom. The van der Waals surface area contributed by atoms with E-state index in [4.69, 9.17) is 0 Å². The lowest BCUT2D eigenvalue weighted by Crippen LogP contribution is -2.23. The number of Topliss-reactive ketones (excluding diaryl/α,β-unsaturated/α-hetero) is 1. The van der Waals surface area contributed by atoms with Gasteiger partial charge >= 0.3 is 6.18 Å². The first-order valence-electron chi connectivity index (χ1n) is 5.09. The highest BCUT2D eigenvalue weighted by atomic mass is 79.9. The van der Waals surface area contributed by atoms with Crippen LogP contribution in [0.3, 0.4) is 0 Å². The van der Waals surface area contributed by atoms with Crippen LogP contribution < -0.4 is 0 Å². The number of aromatic nitrogens is 3. The minimum atomic E-state index is -4.95. The molecule has 0 amide bonds. The van der Waals surface area contributed by atoms with Gasteiger partial charge in [0.1, 0.15) is 0 Å². The van der Waals surface area contributed by atoms with Crippen molar-refractivity contribution in [1.82, 2.24) is 15.0 Å². The van der Waals surface area contributed by atoms with Crippen LogP contribution >= 0.6 is 15.9 Å². The maximum atomic E-state index is 12.3. The summed E-state index contributed by atoms with van der Waals surface area (Å²) in [6.07, 6.45) is -3.99. The maximum absolute atomic E-state index is 12.3. The van der Waals surface area contributed by atoms with Gasteiger partial charge in [0.25, 0.3) is 5.78 Å². The van der Waals surface area contributed by atoms with Gasteiger partial charge in [-0.15, -0.1) is 5.10 Å². The summed E-state index contributed by atoms with van der Waals surface area (Å²) in [5.74, 6) is -2.01. The summed E-state index contributed by atoms with van der Waals surface area (Å²) in [6, 6.07) is 5.23. The van der Waals surface area contributed by atoms with E-state index in [0.29, 0.717) is 5.69 Å². The number of carbonyl (C=O) groups excluding carboxylic acids is 1. The van der Waals surface area contributed by atoms with E-state index < -0.39 is 17.7 Å². The van der Waals surface area contributed by atoms with E-state index >= 15 is 0 Å². The topological polar surface area (TPSA) is 47.8 Å². The lowest BCUT2D eigenvalue weighted by Gasteiger charge is -2.05. The largest absolute Gasteiger partial charge is 0.456 e. The number of alkyl halides is 3. The number of ketones is 1.